The van der Waals surface area contributed by atoms with Gasteiger partial charge in [-0.25, -0.2) is 13.4 Å². The number of fused-ring (bicyclic) bond motifs is 1. The van der Waals surface area contributed by atoms with E-state index in [1.54, 1.807) is 19.1 Å². The number of phenolic OH excluding ortho intramolecular Hbond substituents is 1. The van der Waals surface area contributed by atoms with Crippen molar-refractivity contribution >= 4 is 26.8 Å². The van der Waals surface area contributed by atoms with Crippen LogP contribution in [0, 0.1) is 12.8 Å². The third-order valence-corrected chi connectivity index (χ3v) is 5.48. The summed E-state index contributed by atoms with van der Waals surface area (Å²) in [6, 6.07) is 7.70. The number of nitrogens with zero attached hydrogens (tertiary/aromatic N) is 3. The summed E-state index contributed by atoms with van der Waals surface area (Å²) in [5.41, 5.74) is 1.27. The van der Waals surface area contributed by atoms with Crippen molar-refractivity contribution in [1.29, 1.82) is 0 Å². The Kier molecular flexibility index (Phi) is 4.38. The molecule has 1 aromatic carbocycles. The van der Waals surface area contributed by atoms with E-state index in [1.165, 1.54) is 28.7 Å². The van der Waals surface area contributed by atoms with Gasteiger partial charge in [-0.1, -0.05) is 25.1 Å². The molecule has 2 aromatic heterocycles. The maximum atomic E-state index is 13.2. The van der Waals surface area contributed by atoms with Crippen molar-refractivity contribution in [2.75, 3.05) is 10.8 Å². The van der Waals surface area contributed by atoms with Gasteiger partial charge in [-0.05, 0) is 31.0 Å². The Bertz CT molecular complexity index is 1010. The highest BCUT2D eigenvalue weighted by molar-refractivity contribution is 7.92. The average molecular weight is 361 g/mol. The van der Waals surface area contributed by atoms with E-state index in [0.29, 0.717) is 22.5 Å². The second-order valence-corrected chi connectivity index (χ2v) is 8.10. The van der Waals surface area contributed by atoms with E-state index >= 15 is 0 Å². The summed E-state index contributed by atoms with van der Waals surface area (Å²) in [6.45, 7) is 5.85. The molecule has 7 nitrogen and oxygen atoms in total. The largest absolute Gasteiger partial charge is 0.508 e. The van der Waals surface area contributed by atoms with Gasteiger partial charge in [0.15, 0.2) is 0 Å². The molecule has 0 aliphatic heterocycles. The Hall–Kier alpha value is -2.61. The monoisotopic (exact) mass is 361 g/mol. The molecular formula is C17H19N3O4S. The van der Waals surface area contributed by atoms with Crippen molar-refractivity contribution in [3.63, 3.8) is 0 Å². The maximum absolute atomic E-state index is 13.2. The van der Waals surface area contributed by atoms with E-state index < -0.39 is 10.0 Å². The molecule has 0 saturated heterocycles. The van der Waals surface area contributed by atoms with Crippen molar-refractivity contribution < 1.29 is 18.0 Å². The van der Waals surface area contributed by atoms with Crippen molar-refractivity contribution in [3.05, 3.63) is 42.2 Å². The summed E-state index contributed by atoms with van der Waals surface area (Å²) >= 11 is 0. The van der Waals surface area contributed by atoms with E-state index in [4.69, 9.17) is 4.52 Å². The third-order valence-electron chi connectivity index (χ3n) is 3.72. The molecule has 1 N–H and O–H groups in total. The van der Waals surface area contributed by atoms with Crippen LogP contribution < -0.4 is 4.31 Å². The molecular weight excluding hydrogens is 342 g/mol. The number of aromatic nitrogens is 2. The van der Waals surface area contributed by atoms with E-state index in [-0.39, 0.29) is 23.1 Å². The van der Waals surface area contributed by atoms with Crippen molar-refractivity contribution in [3.8, 4) is 5.75 Å². The molecule has 3 aromatic rings. The summed E-state index contributed by atoms with van der Waals surface area (Å²) in [4.78, 5) is 4.11. The average Bonchev–Trinajstić information content (AvgIpc) is 2.93. The van der Waals surface area contributed by atoms with Crippen LogP contribution in [-0.2, 0) is 10.0 Å². The fourth-order valence-corrected chi connectivity index (χ4v) is 4.11. The zero-order chi connectivity index (χ0) is 18.2. The van der Waals surface area contributed by atoms with Gasteiger partial charge in [-0.15, -0.1) is 0 Å². The molecule has 132 valence electrons. The molecule has 3 rings (SSSR count). The first kappa shape index (κ1) is 17.2. The van der Waals surface area contributed by atoms with Crippen LogP contribution in [0.5, 0.6) is 5.75 Å². The molecule has 2 heterocycles. The predicted octanol–water partition coefficient (Wildman–Crippen LogP) is 3.09. The quantitative estimate of drug-likeness (QED) is 0.750. The molecule has 0 bridgehead atoms. The first-order valence-electron chi connectivity index (χ1n) is 7.83. The van der Waals surface area contributed by atoms with Crippen molar-refractivity contribution in [2.24, 2.45) is 5.92 Å². The van der Waals surface area contributed by atoms with E-state index in [0.717, 1.165) is 0 Å². The first-order valence-corrected chi connectivity index (χ1v) is 9.27. The summed E-state index contributed by atoms with van der Waals surface area (Å²) in [7, 11) is -3.86. The molecule has 0 radical (unpaired) electrons. The summed E-state index contributed by atoms with van der Waals surface area (Å²) in [5.74, 6) is 0.0936. The Morgan fingerprint density at radius 2 is 2.04 bits per heavy atom. The highest BCUT2D eigenvalue weighted by Crippen LogP contribution is 2.29. The Balaban J connectivity index is 2.13. The van der Waals surface area contributed by atoms with Crippen molar-refractivity contribution in [2.45, 2.75) is 25.7 Å². The first-order chi connectivity index (χ1) is 11.8. The number of hydrogen-bond acceptors (Lipinski definition) is 6. The molecule has 8 heteroatoms. The van der Waals surface area contributed by atoms with Crippen LogP contribution in [-0.4, -0.2) is 30.2 Å². The smallest absolute Gasteiger partial charge is 0.265 e. The number of sulfonamides is 1. The summed E-state index contributed by atoms with van der Waals surface area (Å²) < 4.78 is 32.7. The Labute approximate surface area is 145 Å². The molecule has 0 fully saturated rings. The fraction of sp³-hybridized carbons (Fsp3) is 0.294. The lowest BCUT2D eigenvalue weighted by Crippen LogP contribution is -2.34. The number of aryl methyl sites for hydroxylation is 1. The normalized spacial score (nSPS) is 12.0. The van der Waals surface area contributed by atoms with Crippen molar-refractivity contribution in [1.82, 2.24) is 10.1 Å². The van der Waals surface area contributed by atoms with E-state index in [9.17, 15) is 13.5 Å². The minimum absolute atomic E-state index is 0.00455. The Morgan fingerprint density at radius 1 is 1.28 bits per heavy atom. The van der Waals surface area contributed by atoms with Crippen LogP contribution >= 0.6 is 0 Å². The van der Waals surface area contributed by atoms with Gasteiger partial charge in [0.05, 0.1) is 23.0 Å². The second-order valence-electron chi connectivity index (χ2n) is 6.24. The number of phenols is 1. The van der Waals surface area contributed by atoms with Gasteiger partial charge < -0.3 is 9.63 Å². The highest BCUT2D eigenvalue weighted by Gasteiger charge is 2.27. The lowest BCUT2D eigenvalue weighted by molar-refractivity contribution is 0.442. The zero-order valence-corrected chi connectivity index (χ0v) is 15.0. The van der Waals surface area contributed by atoms with Gasteiger partial charge in [-0.3, -0.25) is 4.31 Å². The lowest BCUT2D eigenvalue weighted by atomic mass is 10.2. The lowest BCUT2D eigenvalue weighted by Gasteiger charge is -2.26. The summed E-state index contributed by atoms with van der Waals surface area (Å²) in [6.07, 6.45) is 1.26. The van der Waals surface area contributed by atoms with Crippen LogP contribution in [0.1, 0.15) is 19.5 Å². The minimum atomic E-state index is -3.86. The molecule has 0 saturated carbocycles. The van der Waals surface area contributed by atoms with Gasteiger partial charge in [0.1, 0.15) is 10.6 Å². The van der Waals surface area contributed by atoms with Gasteiger partial charge in [-0.2, -0.15) is 0 Å². The molecule has 0 unspecified atom stereocenters. The number of rotatable bonds is 5. The fourth-order valence-electron chi connectivity index (χ4n) is 2.52. The third kappa shape index (κ3) is 3.30. The Morgan fingerprint density at radius 3 is 2.72 bits per heavy atom. The molecule has 0 atom stereocenters. The molecule has 0 aliphatic rings. The number of hydrogen-bond donors (Lipinski definition) is 1. The maximum Gasteiger partial charge on any atom is 0.265 e. The molecule has 0 spiro atoms. The molecule has 25 heavy (non-hydrogen) atoms. The van der Waals surface area contributed by atoms with Gasteiger partial charge in [0, 0.05) is 12.6 Å². The number of pyridine rings is 1. The SMILES string of the molecule is Cc1noc2ncc(S(=O)(=O)N(CC(C)C)c3cccc(O)c3)cc12. The number of anilines is 1. The van der Waals surface area contributed by atoms with Crippen LogP contribution in [0.3, 0.4) is 0 Å². The minimum Gasteiger partial charge on any atom is -0.508 e. The van der Waals surface area contributed by atoms with Gasteiger partial charge in [0.2, 0.25) is 0 Å². The van der Waals surface area contributed by atoms with Crippen LogP contribution in [0.15, 0.2) is 45.9 Å². The number of benzene rings is 1. The van der Waals surface area contributed by atoms with Gasteiger partial charge >= 0.3 is 0 Å². The predicted molar refractivity (Wildman–Crippen MR) is 94.0 cm³/mol. The number of aromatic hydroxyl groups is 1. The molecule has 0 amide bonds. The standard InChI is InChI=1S/C17H19N3O4S/c1-11(2)10-20(13-5-4-6-14(21)7-13)25(22,23)15-8-16-12(3)19-24-17(16)18-9-15/h4-9,11,21H,10H2,1-3H3. The van der Waals surface area contributed by atoms with Crippen LogP contribution in [0.4, 0.5) is 5.69 Å². The summed E-state index contributed by atoms with van der Waals surface area (Å²) in [5, 5.41) is 14.1. The van der Waals surface area contributed by atoms with E-state index in [1.807, 2.05) is 13.8 Å². The van der Waals surface area contributed by atoms with Gasteiger partial charge in [0.25, 0.3) is 15.7 Å². The zero-order valence-electron chi connectivity index (χ0n) is 14.2. The van der Waals surface area contributed by atoms with Crippen LogP contribution in [0.25, 0.3) is 11.1 Å². The highest BCUT2D eigenvalue weighted by atomic mass is 32.2. The van der Waals surface area contributed by atoms with E-state index in [2.05, 4.69) is 10.1 Å². The van der Waals surface area contributed by atoms with Crippen LogP contribution in [0.2, 0.25) is 0 Å². The second kappa shape index (κ2) is 6.36. The molecule has 0 aliphatic carbocycles. The topological polar surface area (TPSA) is 96.5 Å².